The second-order valence-electron chi connectivity index (χ2n) is 5.05. The molecule has 0 bridgehead atoms. The summed E-state index contributed by atoms with van der Waals surface area (Å²) in [7, 11) is 4.37. The summed E-state index contributed by atoms with van der Waals surface area (Å²) in [6.07, 6.45) is 2.56. The van der Waals surface area contributed by atoms with Crippen molar-refractivity contribution in [3.8, 4) is 0 Å². The molecule has 0 atom stereocenters. The fraction of sp³-hybridized carbons (Fsp3) is 1.00. The van der Waals surface area contributed by atoms with Gasteiger partial charge >= 0.3 is 0 Å². The maximum absolute atomic E-state index is 3.48. The van der Waals surface area contributed by atoms with E-state index in [2.05, 4.69) is 48.4 Å². The number of rotatable bonds is 13. The summed E-state index contributed by atoms with van der Waals surface area (Å²) < 4.78 is 0. The molecule has 0 unspecified atom stereocenters. The summed E-state index contributed by atoms with van der Waals surface area (Å²) in [4.78, 5) is 4.74. The molecule has 0 spiro atoms. The first-order chi connectivity index (χ1) is 8.70. The summed E-state index contributed by atoms with van der Waals surface area (Å²) in [5.74, 6) is 0. The minimum absolute atomic E-state index is 1.08. The fourth-order valence-electron chi connectivity index (χ4n) is 1.61. The fourth-order valence-corrected chi connectivity index (χ4v) is 1.61. The van der Waals surface area contributed by atoms with Gasteiger partial charge in [-0.15, -0.1) is 0 Å². The van der Waals surface area contributed by atoms with Crippen LogP contribution in [0.3, 0.4) is 0 Å². The summed E-state index contributed by atoms with van der Waals surface area (Å²) in [5, 5.41) is 6.92. The van der Waals surface area contributed by atoms with E-state index in [4.69, 9.17) is 0 Å². The van der Waals surface area contributed by atoms with Gasteiger partial charge in [-0.2, -0.15) is 0 Å². The molecule has 0 fully saturated rings. The number of nitrogens with one attached hydrogen (secondary N) is 2. The second-order valence-corrected chi connectivity index (χ2v) is 5.05. The van der Waals surface area contributed by atoms with Gasteiger partial charge in [-0.25, -0.2) is 0 Å². The van der Waals surface area contributed by atoms with Crippen LogP contribution in [0.25, 0.3) is 0 Å². The highest BCUT2D eigenvalue weighted by atomic mass is 15.2. The summed E-state index contributed by atoms with van der Waals surface area (Å²) in [6.45, 7) is 13.4. The van der Waals surface area contributed by atoms with Gasteiger partial charge in [0.1, 0.15) is 0 Å². The number of hydrogen-bond acceptors (Lipinski definition) is 4. The van der Waals surface area contributed by atoms with Crippen molar-refractivity contribution in [3.05, 3.63) is 0 Å². The highest BCUT2D eigenvalue weighted by Crippen LogP contribution is 1.85. The lowest BCUT2D eigenvalue weighted by atomic mass is 10.3. The molecule has 0 saturated carbocycles. The quantitative estimate of drug-likeness (QED) is 0.480. The molecule has 0 heterocycles. The van der Waals surface area contributed by atoms with Crippen LogP contribution in [0.4, 0.5) is 0 Å². The van der Waals surface area contributed by atoms with Gasteiger partial charge in [-0.05, 0) is 33.6 Å². The van der Waals surface area contributed by atoms with E-state index in [-0.39, 0.29) is 0 Å². The van der Waals surface area contributed by atoms with Crippen molar-refractivity contribution >= 4 is 0 Å². The summed E-state index contributed by atoms with van der Waals surface area (Å²) in [5.41, 5.74) is 0. The van der Waals surface area contributed by atoms with E-state index >= 15 is 0 Å². The summed E-state index contributed by atoms with van der Waals surface area (Å²) in [6, 6.07) is 0. The first-order valence-corrected chi connectivity index (χ1v) is 7.49. The Morgan fingerprint density at radius 1 is 0.722 bits per heavy atom. The number of likely N-dealkylation sites (N-methyl/N-ethyl adjacent to an activating group) is 2. The van der Waals surface area contributed by atoms with Gasteiger partial charge in [0.25, 0.3) is 0 Å². The van der Waals surface area contributed by atoms with Gasteiger partial charge < -0.3 is 20.4 Å². The zero-order valence-corrected chi connectivity index (χ0v) is 13.0. The molecule has 0 aromatic rings. The van der Waals surface area contributed by atoms with Crippen LogP contribution in [0.1, 0.15) is 26.7 Å². The van der Waals surface area contributed by atoms with Crippen molar-refractivity contribution in [1.29, 1.82) is 0 Å². The van der Waals surface area contributed by atoms with E-state index in [9.17, 15) is 0 Å². The van der Waals surface area contributed by atoms with Crippen LogP contribution in [0.2, 0.25) is 0 Å². The van der Waals surface area contributed by atoms with Crippen LogP contribution in [-0.4, -0.2) is 76.3 Å². The van der Waals surface area contributed by atoms with Gasteiger partial charge in [-0.1, -0.05) is 20.3 Å². The smallest absolute Gasteiger partial charge is 0.0107 e. The van der Waals surface area contributed by atoms with Crippen LogP contribution in [0.5, 0.6) is 0 Å². The molecule has 18 heavy (non-hydrogen) atoms. The molecule has 0 radical (unpaired) electrons. The largest absolute Gasteiger partial charge is 0.315 e. The first-order valence-electron chi connectivity index (χ1n) is 7.49. The van der Waals surface area contributed by atoms with E-state index in [1.165, 1.54) is 12.8 Å². The second kappa shape index (κ2) is 13.3. The predicted octanol–water partition coefficient (Wildman–Crippen LogP) is 0.849. The Kier molecular flexibility index (Phi) is 13.2. The van der Waals surface area contributed by atoms with E-state index in [1.54, 1.807) is 0 Å². The van der Waals surface area contributed by atoms with E-state index in [0.29, 0.717) is 0 Å². The molecule has 4 nitrogen and oxygen atoms in total. The van der Waals surface area contributed by atoms with E-state index in [0.717, 1.165) is 52.4 Å². The Balaban J connectivity index is 3.17. The minimum Gasteiger partial charge on any atom is -0.315 e. The maximum Gasteiger partial charge on any atom is 0.0107 e. The van der Waals surface area contributed by atoms with Gasteiger partial charge in [0, 0.05) is 39.3 Å². The number of hydrogen-bond donors (Lipinski definition) is 2. The van der Waals surface area contributed by atoms with Gasteiger partial charge in [0.05, 0.1) is 0 Å². The van der Waals surface area contributed by atoms with E-state index < -0.39 is 0 Å². The van der Waals surface area contributed by atoms with Gasteiger partial charge in [-0.3, -0.25) is 0 Å². The zero-order chi connectivity index (χ0) is 13.6. The molecule has 2 N–H and O–H groups in total. The lowest BCUT2D eigenvalue weighted by Gasteiger charge is -2.21. The Labute approximate surface area is 114 Å². The van der Waals surface area contributed by atoms with Crippen molar-refractivity contribution < 1.29 is 0 Å². The van der Waals surface area contributed by atoms with Crippen LogP contribution < -0.4 is 10.6 Å². The maximum atomic E-state index is 3.48. The molecular weight excluding hydrogens is 224 g/mol. The van der Waals surface area contributed by atoms with Crippen molar-refractivity contribution in [2.75, 3.05) is 66.5 Å². The van der Waals surface area contributed by atoms with E-state index in [1.807, 2.05) is 0 Å². The topological polar surface area (TPSA) is 30.5 Å². The molecule has 110 valence electrons. The van der Waals surface area contributed by atoms with Crippen molar-refractivity contribution in [3.63, 3.8) is 0 Å². The summed E-state index contributed by atoms with van der Waals surface area (Å²) >= 11 is 0. The third-order valence-corrected chi connectivity index (χ3v) is 3.26. The van der Waals surface area contributed by atoms with Crippen LogP contribution in [0.15, 0.2) is 0 Å². The molecule has 0 rings (SSSR count). The highest BCUT2D eigenvalue weighted by Gasteiger charge is 1.99. The molecular formula is C14H34N4. The molecule has 4 heteroatoms. The standard InChI is InChI=1S/C14H34N4/c1-5-7-8-15-9-10-16-11-12-18(4)14-13-17(3)6-2/h15-16H,5-14H2,1-4H3. The minimum atomic E-state index is 1.08. The third-order valence-electron chi connectivity index (χ3n) is 3.26. The Bertz CT molecular complexity index is 164. The first kappa shape index (κ1) is 17.8. The third kappa shape index (κ3) is 12.3. The lowest BCUT2D eigenvalue weighted by molar-refractivity contribution is 0.263. The number of nitrogens with zero attached hydrogens (tertiary/aromatic N) is 2. The molecule has 0 aliphatic carbocycles. The normalized spacial score (nSPS) is 11.7. The molecule has 0 amide bonds. The number of unbranched alkanes of at least 4 members (excludes halogenated alkanes) is 1. The van der Waals surface area contributed by atoms with Crippen LogP contribution >= 0.6 is 0 Å². The average Bonchev–Trinajstić information content (AvgIpc) is 2.39. The van der Waals surface area contributed by atoms with Crippen molar-refractivity contribution in [2.45, 2.75) is 26.7 Å². The lowest BCUT2D eigenvalue weighted by Crippen LogP contribution is -2.36. The van der Waals surface area contributed by atoms with Crippen LogP contribution in [0, 0.1) is 0 Å². The highest BCUT2D eigenvalue weighted by molar-refractivity contribution is 4.59. The van der Waals surface area contributed by atoms with Gasteiger partial charge in [0.15, 0.2) is 0 Å². The average molecular weight is 258 g/mol. The van der Waals surface area contributed by atoms with Gasteiger partial charge in [0.2, 0.25) is 0 Å². The molecule has 0 saturated heterocycles. The predicted molar refractivity (Wildman–Crippen MR) is 81.3 cm³/mol. The monoisotopic (exact) mass is 258 g/mol. The Morgan fingerprint density at radius 3 is 1.94 bits per heavy atom. The molecule has 0 aliphatic heterocycles. The Morgan fingerprint density at radius 2 is 1.33 bits per heavy atom. The zero-order valence-electron chi connectivity index (χ0n) is 13.0. The molecule has 0 aromatic heterocycles. The molecule has 0 aliphatic rings. The van der Waals surface area contributed by atoms with Crippen LogP contribution in [-0.2, 0) is 0 Å². The Hall–Kier alpha value is -0.160. The SMILES string of the molecule is CCCCNCCNCCN(C)CCN(C)CC. The van der Waals surface area contributed by atoms with Crippen molar-refractivity contribution in [2.24, 2.45) is 0 Å². The molecule has 0 aromatic carbocycles. The van der Waals surface area contributed by atoms with Crippen molar-refractivity contribution in [1.82, 2.24) is 20.4 Å².